The highest BCUT2D eigenvalue weighted by atomic mass is 16.5. The Labute approximate surface area is 184 Å². The first kappa shape index (κ1) is 22.8. The summed E-state index contributed by atoms with van der Waals surface area (Å²) >= 11 is 0. The van der Waals surface area contributed by atoms with Crippen molar-refractivity contribution in [1.82, 2.24) is 4.90 Å². The SMILES string of the molecule is CCc1ccc(/C(O)=C2/C(=O)C(=O)N(CCOC(C)C)C2c2ccc(CC)cc2)cc1. The van der Waals surface area contributed by atoms with E-state index in [1.807, 2.05) is 50.2 Å². The van der Waals surface area contributed by atoms with Gasteiger partial charge in [-0.05, 0) is 43.4 Å². The van der Waals surface area contributed by atoms with Crippen molar-refractivity contribution in [3.63, 3.8) is 0 Å². The van der Waals surface area contributed by atoms with Gasteiger partial charge in [0.15, 0.2) is 0 Å². The number of carbonyl (C=O) groups excluding carboxylic acids is 2. The normalized spacial score (nSPS) is 18.2. The van der Waals surface area contributed by atoms with Crippen LogP contribution in [0.5, 0.6) is 0 Å². The Bertz CT molecular complexity index is 958. The molecule has 1 aliphatic heterocycles. The van der Waals surface area contributed by atoms with Crippen molar-refractivity contribution in [2.75, 3.05) is 13.2 Å². The minimum atomic E-state index is -0.661. The van der Waals surface area contributed by atoms with E-state index < -0.39 is 17.7 Å². The zero-order valence-electron chi connectivity index (χ0n) is 18.7. The summed E-state index contributed by atoms with van der Waals surface area (Å²) in [5.41, 5.74) is 3.76. The van der Waals surface area contributed by atoms with Crippen LogP contribution in [-0.4, -0.2) is 41.0 Å². The summed E-state index contributed by atoms with van der Waals surface area (Å²) in [5.74, 6) is -1.41. The maximum atomic E-state index is 13.0. The maximum Gasteiger partial charge on any atom is 0.295 e. The second-order valence-corrected chi connectivity index (χ2v) is 8.06. The topological polar surface area (TPSA) is 66.8 Å². The summed E-state index contributed by atoms with van der Waals surface area (Å²) in [5, 5.41) is 11.1. The molecule has 2 aromatic carbocycles. The van der Waals surface area contributed by atoms with E-state index in [4.69, 9.17) is 4.74 Å². The molecule has 1 amide bonds. The van der Waals surface area contributed by atoms with Crippen LogP contribution >= 0.6 is 0 Å². The number of amides is 1. The summed E-state index contributed by atoms with van der Waals surface area (Å²) in [6.07, 6.45) is 1.80. The third-order valence-corrected chi connectivity index (χ3v) is 5.66. The van der Waals surface area contributed by atoms with Gasteiger partial charge in [0.2, 0.25) is 0 Å². The number of hydrogen-bond acceptors (Lipinski definition) is 4. The van der Waals surface area contributed by atoms with Gasteiger partial charge in [0.25, 0.3) is 11.7 Å². The van der Waals surface area contributed by atoms with E-state index in [9.17, 15) is 14.7 Å². The number of rotatable bonds is 8. The molecule has 31 heavy (non-hydrogen) atoms. The molecule has 1 saturated heterocycles. The second kappa shape index (κ2) is 9.92. The van der Waals surface area contributed by atoms with Crippen molar-refractivity contribution >= 4 is 17.4 Å². The fourth-order valence-corrected chi connectivity index (χ4v) is 3.83. The number of likely N-dealkylation sites (tertiary alicyclic amines) is 1. The van der Waals surface area contributed by atoms with Gasteiger partial charge < -0.3 is 14.7 Å². The van der Waals surface area contributed by atoms with Crippen LogP contribution in [-0.2, 0) is 27.2 Å². The molecule has 3 rings (SSSR count). The molecule has 1 heterocycles. The van der Waals surface area contributed by atoms with Gasteiger partial charge >= 0.3 is 0 Å². The average molecular weight is 422 g/mol. The largest absolute Gasteiger partial charge is 0.507 e. The van der Waals surface area contributed by atoms with Crippen LogP contribution in [0.2, 0.25) is 0 Å². The van der Waals surface area contributed by atoms with Gasteiger partial charge in [-0.3, -0.25) is 9.59 Å². The van der Waals surface area contributed by atoms with Gasteiger partial charge in [0, 0.05) is 12.1 Å². The van der Waals surface area contributed by atoms with Crippen LogP contribution in [0.1, 0.15) is 56.0 Å². The van der Waals surface area contributed by atoms with E-state index in [0.717, 1.165) is 24.0 Å². The highest BCUT2D eigenvalue weighted by Crippen LogP contribution is 2.39. The van der Waals surface area contributed by atoms with Crippen LogP contribution < -0.4 is 0 Å². The minimum absolute atomic E-state index is 0.0242. The van der Waals surface area contributed by atoms with Gasteiger partial charge in [-0.25, -0.2) is 0 Å². The smallest absolute Gasteiger partial charge is 0.295 e. The van der Waals surface area contributed by atoms with Crippen molar-refractivity contribution in [3.8, 4) is 0 Å². The number of ether oxygens (including phenoxy) is 1. The Balaban J connectivity index is 2.06. The molecule has 0 radical (unpaired) electrons. The Hall–Kier alpha value is -2.92. The number of nitrogens with zero attached hydrogens (tertiary/aromatic N) is 1. The molecule has 0 aromatic heterocycles. The van der Waals surface area contributed by atoms with Crippen LogP contribution in [0, 0.1) is 0 Å². The predicted octanol–water partition coefficient (Wildman–Crippen LogP) is 4.66. The first-order valence-electron chi connectivity index (χ1n) is 11.0. The molecule has 0 saturated carbocycles. The van der Waals surface area contributed by atoms with E-state index in [-0.39, 0.29) is 24.0 Å². The van der Waals surface area contributed by atoms with Crippen LogP contribution in [0.15, 0.2) is 54.1 Å². The molecule has 0 bridgehead atoms. The monoisotopic (exact) mass is 421 g/mol. The first-order chi connectivity index (χ1) is 14.9. The minimum Gasteiger partial charge on any atom is -0.507 e. The summed E-state index contributed by atoms with van der Waals surface area (Å²) in [6, 6.07) is 14.6. The molecule has 1 aliphatic rings. The third kappa shape index (κ3) is 4.88. The summed E-state index contributed by atoms with van der Waals surface area (Å²) in [7, 11) is 0. The van der Waals surface area contributed by atoms with Gasteiger partial charge in [0.1, 0.15) is 5.76 Å². The molecule has 2 aromatic rings. The van der Waals surface area contributed by atoms with Gasteiger partial charge in [0.05, 0.1) is 24.3 Å². The van der Waals surface area contributed by atoms with Crippen LogP contribution in [0.25, 0.3) is 5.76 Å². The van der Waals surface area contributed by atoms with Gasteiger partial charge in [-0.15, -0.1) is 0 Å². The molecule has 1 fully saturated rings. The Morgan fingerprint density at radius 2 is 1.52 bits per heavy atom. The van der Waals surface area contributed by atoms with Crippen LogP contribution in [0.4, 0.5) is 0 Å². The molecule has 164 valence electrons. The van der Waals surface area contributed by atoms with E-state index >= 15 is 0 Å². The lowest BCUT2D eigenvalue weighted by atomic mass is 9.94. The molecule has 1 N–H and O–H groups in total. The van der Waals surface area contributed by atoms with E-state index in [2.05, 4.69) is 13.8 Å². The lowest BCUT2D eigenvalue weighted by molar-refractivity contribution is -0.140. The van der Waals surface area contributed by atoms with E-state index in [0.29, 0.717) is 12.2 Å². The van der Waals surface area contributed by atoms with E-state index in [1.54, 1.807) is 12.1 Å². The molecule has 0 aliphatic carbocycles. The lowest BCUT2D eigenvalue weighted by Crippen LogP contribution is -2.33. The predicted molar refractivity (Wildman–Crippen MR) is 122 cm³/mol. The number of benzene rings is 2. The van der Waals surface area contributed by atoms with Gasteiger partial charge in [-0.2, -0.15) is 0 Å². The Kier molecular flexibility index (Phi) is 7.29. The molecule has 5 nitrogen and oxygen atoms in total. The van der Waals surface area contributed by atoms with Crippen molar-refractivity contribution in [3.05, 3.63) is 76.4 Å². The first-order valence-corrected chi connectivity index (χ1v) is 11.0. The Morgan fingerprint density at radius 1 is 0.968 bits per heavy atom. The highest BCUT2D eigenvalue weighted by Gasteiger charge is 2.45. The summed E-state index contributed by atoms with van der Waals surface area (Å²) in [4.78, 5) is 27.4. The van der Waals surface area contributed by atoms with Crippen molar-refractivity contribution in [1.29, 1.82) is 0 Å². The van der Waals surface area contributed by atoms with E-state index in [1.165, 1.54) is 10.5 Å². The number of Topliss-reactive ketones (excluding diaryl/α,β-unsaturated/α-hetero) is 1. The summed E-state index contributed by atoms with van der Waals surface area (Å²) in [6.45, 7) is 8.57. The van der Waals surface area contributed by atoms with Crippen molar-refractivity contribution in [2.45, 2.75) is 52.7 Å². The molecular formula is C26H31NO4. The zero-order chi connectivity index (χ0) is 22.5. The number of carbonyl (C=O) groups is 2. The number of aryl methyl sites for hydroxylation is 2. The standard InChI is InChI=1S/C26H31NO4/c1-5-18-7-11-20(12-8-18)23-22(24(28)21-13-9-19(6-2)10-14-21)25(29)26(30)27(23)15-16-31-17(3)4/h7-14,17,23,28H,5-6,15-16H2,1-4H3/b24-22-. The number of aliphatic hydroxyl groups excluding tert-OH is 1. The number of aliphatic hydroxyl groups is 1. The van der Waals surface area contributed by atoms with Crippen LogP contribution in [0.3, 0.4) is 0 Å². The van der Waals surface area contributed by atoms with Gasteiger partial charge in [-0.1, -0.05) is 62.4 Å². The molecule has 1 atom stereocenters. The highest BCUT2D eigenvalue weighted by molar-refractivity contribution is 6.46. The summed E-state index contributed by atoms with van der Waals surface area (Å²) < 4.78 is 5.63. The zero-order valence-corrected chi connectivity index (χ0v) is 18.7. The fraction of sp³-hybridized carbons (Fsp3) is 0.385. The third-order valence-electron chi connectivity index (χ3n) is 5.66. The Morgan fingerprint density at radius 3 is 2.03 bits per heavy atom. The average Bonchev–Trinajstić information content (AvgIpc) is 3.03. The quantitative estimate of drug-likeness (QED) is 0.382. The number of hydrogen-bond donors (Lipinski definition) is 1. The second-order valence-electron chi connectivity index (χ2n) is 8.06. The molecule has 0 spiro atoms. The molecule has 1 unspecified atom stereocenters. The number of ketones is 1. The maximum absolute atomic E-state index is 13.0. The van der Waals surface area contributed by atoms with Crippen molar-refractivity contribution < 1.29 is 19.4 Å². The fourth-order valence-electron chi connectivity index (χ4n) is 3.83. The lowest BCUT2D eigenvalue weighted by Gasteiger charge is -2.26. The molecular weight excluding hydrogens is 390 g/mol. The molecule has 5 heteroatoms. The van der Waals surface area contributed by atoms with Crippen molar-refractivity contribution in [2.24, 2.45) is 0 Å².